The fourth-order valence-electron chi connectivity index (χ4n) is 5.84. The second kappa shape index (κ2) is 9.28. The van der Waals surface area contributed by atoms with Crippen LogP contribution in [-0.2, 0) is 4.79 Å². The Balaban J connectivity index is 1.35. The van der Waals surface area contributed by atoms with E-state index in [0.717, 1.165) is 47.4 Å². The number of carbonyl (C=O) groups excluding carboxylic acids is 1. The van der Waals surface area contributed by atoms with Crippen LogP contribution in [0.4, 0.5) is 4.39 Å². The number of piperidine rings is 1. The van der Waals surface area contributed by atoms with Gasteiger partial charge in [0.1, 0.15) is 23.5 Å². The van der Waals surface area contributed by atoms with Gasteiger partial charge in [-0.15, -0.1) is 0 Å². The molecule has 188 valence electrons. The summed E-state index contributed by atoms with van der Waals surface area (Å²) in [5.41, 5.74) is 3.97. The van der Waals surface area contributed by atoms with E-state index in [1.54, 1.807) is 10.6 Å². The minimum absolute atomic E-state index is 0.131. The van der Waals surface area contributed by atoms with Crippen LogP contribution < -0.4 is 0 Å². The molecule has 4 aromatic heterocycles. The number of amides is 1. The Labute approximate surface area is 216 Å². The zero-order valence-corrected chi connectivity index (χ0v) is 20.9. The van der Waals surface area contributed by atoms with Crippen LogP contribution in [0.5, 0.6) is 0 Å². The van der Waals surface area contributed by atoms with Crippen LogP contribution in [0.3, 0.4) is 0 Å². The van der Waals surface area contributed by atoms with Gasteiger partial charge in [0.05, 0.1) is 35.7 Å². The molecule has 4 aromatic rings. The van der Waals surface area contributed by atoms with Gasteiger partial charge in [-0.25, -0.2) is 13.9 Å². The Morgan fingerprint density at radius 1 is 1.19 bits per heavy atom. The van der Waals surface area contributed by atoms with Gasteiger partial charge in [0, 0.05) is 40.0 Å². The minimum atomic E-state index is -0.445. The minimum Gasteiger partial charge on any atom is -0.387 e. The van der Waals surface area contributed by atoms with Crippen LogP contribution in [0, 0.1) is 24.1 Å². The van der Waals surface area contributed by atoms with Gasteiger partial charge < -0.3 is 10.0 Å². The van der Waals surface area contributed by atoms with Crippen LogP contribution >= 0.6 is 11.8 Å². The quantitative estimate of drug-likeness (QED) is 0.429. The van der Waals surface area contributed by atoms with Crippen LogP contribution in [0.2, 0.25) is 0 Å². The summed E-state index contributed by atoms with van der Waals surface area (Å²) in [6.45, 7) is 1.59. The smallest absolute Gasteiger partial charge is 0.248 e. The summed E-state index contributed by atoms with van der Waals surface area (Å²) in [5.74, 6) is -0.595. The highest BCUT2D eigenvalue weighted by atomic mass is 32.2. The van der Waals surface area contributed by atoms with Crippen LogP contribution in [0.15, 0.2) is 52.9 Å². The van der Waals surface area contributed by atoms with Crippen molar-refractivity contribution in [3.05, 3.63) is 60.1 Å². The molecule has 1 N–H and O–H groups in total. The van der Waals surface area contributed by atoms with E-state index in [2.05, 4.69) is 20.8 Å². The molecule has 0 saturated carbocycles. The molecule has 1 amide bonds. The molecule has 9 nitrogen and oxygen atoms in total. The highest BCUT2D eigenvalue weighted by Crippen LogP contribution is 2.42. The molecule has 0 radical (unpaired) electrons. The molecule has 3 atom stereocenters. The Morgan fingerprint density at radius 3 is 2.65 bits per heavy atom. The lowest BCUT2D eigenvalue weighted by Gasteiger charge is -2.39. The molecule has 6 heterocycles. The van der Waals surface area contributed by atoms with E-state index >= 15 is 0 Å². The Bertz CT molecular complexity index is 1530. The van der Waals surface area contributed by atoms with Crippen molar-refractivity contribution in [1.82, 2.24) is 29.3 Å². The van der Waals surface area contributed by atoms with Gasteiger partial charge in [-0.05, 0) is 50.8 Å². The maximum Gasteiger partial charge on any atom is 0.248 e. The summed E-state index contributed by atoms with van der Waals surface area (Å²) in [5, 5.41) is 28.7. The molecule has 37 heavy (non-hydrogen) atoms. The van der Waals surface area contributed by atoms with E-state index in [0.29, 0.717) is 16.1 Å². The number of nitrogens with zero attached hydrogens (tertiary/aromatic N) is 7. The van der Waals surface area contributed by atoms with Crippen molar-refractivity contribution in [3.8, 4) is 17.2 Å². The fourth-order valence-corrected chi connectivity index (χ4v) is 6.79. The predicted molar refractivity (Wildman–Crippen MR) is 133 cm³/mol. The van der Waals surface area contributed by atoms with Crippen molar-refractivity contribution in [1.29, 1.82) is 5.26 Å². The SMILES string of the molecule is Cc1c(-c2cc(Sc3ccc(F)cn3)c3c(C#N)cnn3c2)cnn1[C@H]1CC2CC[C@@H](C1)N2C(=O)CO. The molecule has 0 aromatic carbocycles. The molecule has 11 heteroatoms. The molecule has 2 bridgehead atoms. The van der Waals surface area contributed by atoms with Crippen LogP contribution in [-0.4, -0.2) is 59.0 Å². The summed E-state index contributed by atoms with van der Waals surface area (Å²) < 4.78 is 17.1. The monoisotopic (exact) mass is 517 g/mol. The number of halogens is 1. The average Bonchev–Trinajstić information content (AvgIpc) is 3.58. The molecule has 0 aliphatic carbocycles. The molecule has 0 spiro atoms. The Hall–Kier alpha value is -3.75. The van der Waals surface area contributed by atoms with Gasteiger partial charge in [0.25, 0.3) is 0 Å². The normalized spacial score (nSPS) is 20.9. The van der Waals surface area contributed by atoms with Gasteiger partial charge in [-0.1, -0.05) is 11.8 Å². The van der Waals surface area contributed by atoms with Gasteiger partial charge in [0.2, 0.25) is 5.91 Å². The molecular formula is C26H24FN7O2S. The first-order valence-corrected chi connectivity index (χ1v) is 13.0. The third-order valence-electron chi connectivity index (χ3n) is 7.45. The molecule has 2 saturated heterocycles. The lowest BCUT2D eigenvalue weighted by Crippen LogP contribution is -2.48. The lowest BCUT2D eigenvalue weighted by molar-refractivity contribution is -0.139. The number of aromatic nitrogens is 5. The number of rotatable bonds is 5. The molecule has 2 fully saturated rings. The van der Waals surface area contributed by atoms with E-state index < -0.39 is 12.4 Å². The second-order valence-electron chi connectivity index (χ2n) is 9.53. The van der Waals surface area contributed by atoms with E-state index in [9.17, 15) is 19.6 Å². The number of fused-ring (bicyclic) bond motifs is 3. The van der Waals surface area contributed by atoms with Crippen molar-refractivity contribution in [2.75, 3.05) is 6.61 Å². The molecule has 2 aliphatic heterocycles. The maximum absolute atomic E-state index is 13.4. The van der Waals surface area contributed by atoms with Crippen molar-refractivity contribution < 1.29 is 14.3 Å². The topological polar surface area (TPSA) is 112 Å². The standard InChI is InChI=1S/C26H24FN7O2S/c1-15-22(12-31-34(15)21-7-19-3-4-20(8-21)33(19)25(36)14-35)16-6-23(37-24-5-2-18(27)11-29-24)26-17(9-28)10-30-32(26)13-16/h2,5-6,10-13,19-21,35H,3-4,7-8,14H2,1H3/t19-,20?,21+/m0/s1. The Morgan fingerprint density at radius 2 is 1.97 bits per heavy atom. The lowest BCUT2D eigenvalue weighted by atomic mass is 9.96. The van der Waals surface area contributed by atoms with Gasteiger partial charge >= 0.3 is 0 Å². The fraction of sp³-hybridized carbons (Fsp3) is 0.346. The number of aliphatic hydroxyl groups excluding tert-OH is 1. The van der Waals surface area contributed by atoms with Gasteiger partial charge in [-0.3, -0.25) is 9.48 Å². The molecule has 6 rings (SSSR count). The number of nitriles is 1. The molecule has 1 unspecified atom stereocenters. The first-order chi connectivity index (χ1) is 18.0. The summed E-state index contributed by atoms with van der Waals surface area (Å²) in [4.78, 5) is 19.1. The molecule has 2 aliphatic rings. The largest absolute Gasteiger partial charge is 0.387 e. The first-order valence-electron chi connectivity index (χ1n) is 12.1. The second-order valence-corrected chi connectivity index (χ2v) is 10.6. The summed E-state index contributed by atoms with van der Waals surface area (Å²) in [6, 6.07) is 7.59. The first kappa shape index (κ1) is 23.6. The van der Waals surface area contributed by atoms with Gasteiger partial charge in [-0.2, -0.15) is 15.5 Å². The highest BCUT2D eigenvalue weighted by Gasteiger charge is 2.44. The van der Waals surface area contributed by atoms with E-state index in [1.165, 1.54) is 30.2 Å². The van der Waals surface area contributed by atoms with Crippen molar-refractivity contribution >= 4 is 23.2 Å². The van der Waals surface area contributed by atoms with E-state index in [1.807, 2.05) is 30.3 Å². The number of carbonyl (C=O) groups is 1. The molecular weight excluding hydrogens is 493 g/mol. The number of hydrogen-bond donors (Lipinski definition) is 1. The Kier molecular flexibility index (Phi) is 5.93. The maximum atomic E-state index is 13.4. The third kappa shape index (κ3) is 4.06. The number of hydrogen-bond acceptors (Lipinski definition) is 7. The van der Waals surface area contributed by atoms with E-state index in [4.69, 9.17) is 5.10 Å². The summed E-state index contributed by atoms with van der Waals surface area (Å²) in [7, 11) is 0. The van der Waals surface area contributed by atoms with Crippen molar-refractivity contribution in [2.45, 2.75) is 60.7 Å². The van der Waals surface area contributed by atoms with Crippen molar-refractivity contribution in [2.24, 2.45) is 0 Å². The van der Waals surface area contributed by atoms with E-state index in [-0.39, 0.29) is 24.0 Å². The zero-order valence-electron chi connectivity index (χ0n) is 20.1. The van der Waals surface area contributed by atoms with Crippen LogP contribution in [0.25, 0.3) is 16.6 Å². The summed E-state index contributed by atoms with van der Waals surface area (Å²) in [6.07, 6.45) is 9.98. The third-order valence-corrected chi connectivity index (χ3v) is 8.43. The summed E-state index contributed by atoms with van der Waals surface area (Å²) >= 11 is 1.35. The van der Waals surface area contributed by atoms with Gasteiger partial charge in [0.15, 0.2) is 0 Å². The predicted octanol–water partition coefficient (Wildman–Crippen LogP) is 3.75. The van der Waals surface area contributed by atoms with Crippen LogP contribution in [0.1, 0.15) is 43.0 Å². The van der Waals surface area contributed by atoms with Crippen molar-refractivity contribution in [3.63, 3.8) is 0 Å². The zero-order chi connectivity index (χ0) is 25.7. The average molecular weight is 518 g/mol. The number of aliphatic hydroxyl groups is 1. The highest BCUT2D eigenvalue weighted by molar-refractivity contribution is 7.99. The number of pyridine rings is 2.